The van der Waals surface area contributed by atoms with Gasteiger partial charge in [0.2, 0.25) is 0 Å². The normalized spacial score (nSPS) is 10.3. The van der Waals surface area contributed by atoms with Gasteiger partial charge in [-0.3, -0.25) is 4.98 Å². The van der Waals surface area contributed by atoms with Crippen LogP contribution in [-0.4, -0.2) is 21.3 Å². The van der Waals surface area contributed by atoms with E-state index in [2.05, 4.69) is 36.4 Å². The Bertz CT molecular complexity index is 807. The molecule has 2 aromatic heterocycles. The number of hydrogen-bond acceptors (Lipinski definition) is 6. The zero-order valence-corrected chi connectivity index (χ0v) is 13.4. The molecule has 0 bridgehead atoms. The quantitative estimate of drug-likeness (QED) is 0.749. The van der Waals surface area contributed by atoms with Gasteiger partial charge in [-0.25, -0.2) is 10.1 Å². The van der Waals surface area contributed by atoms with Crippen LogP contribution in [0.2, 0.25) is 0 Å². The minimum Gasteiger partial charge on any atom is -0.444 e. The molecule has 0 aliphatic carbocycles. The third kappa shape index (κ3) is 4.13. The number of carbonyl (C=O) groups excluding carboxylic acids is 1. The molecule has 1 aromatic carbocycles. The van der Waals surface area contributed by atoms with E-state index in [9.17, 15) is 4.79 Å². The van der Waals surface area contributed by atoms with Crippen LogP contribution in [0.4, 0.5) is 10.8 Å². The summed E-state index contributed by atoms with van der Waals surface area (Å²) in [6.45, 7) is 0.156. The Balaban J connectivity index is 1.59. The Kier molecular flexibility index (Phi) is 4.62. The van der Waals surface area contributed by atoms with Crippen molar-refractivity contribution in [3.8, 4) is 11.5 Å². The van der Waals surface area contributed by atoms with Crippen molar-refractivity contribution in [2.75, 3.05) is 5.32 Å². The van der Waals surface area contributed by atoms with E-state index >= 15 is 0 Å². The summed E-state index contributed by atoms with van der Waals surface area (Å²) in [4.78, 5) is 15.7. The number of carbonyl (C=O) groups is 1. The second kappa shape index (κ2) is 7.01. The largest absolute Gasteiger partial charge is 0.444 e. The summed E-state index contributed by atoms with van der Waals surface area (Å²) in [6, 6.07) is 11.1. The average Bonchev–Trinajstić information content (AvgIpc) is 3.02. The maximum Gasteiger partial charge on any atom is 0.415 e. The van der Waals surface area contributed by atoms with Gasteiger partial charge in [-0.2, -0.15) is 0 Å². The average molecular weight is 375 g/mol. The zero-order valence-electron chi connectivity index (χ0n) is 11.8. The van der Waals surface area contributed by atoms with Gasteiger partial charge in [-0.1, -0.05) is 35.4 Å². The molecule has 1 N–H and O–H groups in total. The van der Waals surface area contributed by atoms with Gasteiger partial charge in [-0.05, 0) is 27.6 Å². The highest BCUT2D eigenvalue weighted by Crippen LogP contribution is 2.21. The predicted molar refractivity (Wildman–Crippen MR) is 85.5 cm³/mol. The molecule has 0 unspecified atom stereocenters. The molecular weight excluding hydrogens is 364 g/mol. The lowest BCUT2D eigenvalue weighted by atomic mass is 10.2. The van der Waals surface area contributed by atoms with Crippen molar-refractivity contribution in [1.82, 2.24) is 15.2 Å². The third-order valence-electron chi connectivity index (χ3n) is 2.80. The molecule has 1 amide bonds. The number of ether oxygens (including phenoxy) is 1. The molecule has 0 aliphatic heterocycles. The Labute approximate surface area is 139 Å². The lowest BCUT2D eigenvalue weighted by Gasteiger charge is -2.03. The van der Waals surface area contributed by atoms with Crippen LogP contribution in [-0.2, 0) is 11.3 Å². The molecule has 0 atom stereocenters. The van der Waals surface area contributed by atoms with E-state index in [4.69, 9.17) is 9.15 Å². The number of anilines is 1. The molecule has 8 heteroatoms. The fourth-order valence-corrected chi connectivity index (χ4v) is 2.13. The molecule has 0 fully saturated rings. The Morgan fingerprint density at radius 3 is 2.83 bits per heavy atom. The highest BCUT2D eigenvalue weighted by atomic mass is 79.9. The standard InChI is InChI=1S/C15H11BrN4O3/c16-12-6-11(7-17-8-12)13-19-20-14(23-13)18-15(21)22-9-10-4-2-1-3-5-10/h1-8H,9H2,(H,18,20,21). The number of aromatic nitrogens is 3. The van der Waals surface area contributed by atoms with Gasteiger partial charge in [0.15, 0.2) is 0 Å². The van der Waals surface area contributed by atoms with Crippen molar-refractivity contribution in [3.63, 3.8) is 0 Å². The summed E-state index contributed by atoms with van der Waals surface area (Å²) < 4.78 is 11.2. The second-order valence-electron chi connectivity index (χ2n) is 4.49. The van der Waals surface area contributed by atoms with Crippen LogP contribution in [0.15, 0.2) is 57.7 Å². The van der Waals surface area contributed by atoms with Crippen molar-refractivity contribution in [2.45, 2.75) is 6.61 Å². The minimum absolute atomic E-state index is 0.0435. The third-order valence-corrected chi connectivity index (χ3v) is 3.23. The number of nitrogens with zero attached hydrogens (tertiary/aromatic N) is 3. The highest BCUT2D eigenvalue weighted by Gasteiger charge is 2.12. The van der Waals surface area contributed by atoms with E-state index in [-0.39, 0.29) is 18.5 Å². The van der Waals surface area contributed by atoms with Crippen molar-refractivity contribution in [2.24, 2.45) is 0 Å². The van der Waals surface area contributed by atoms with Gasteiger partial charge in [0.1, 0.15) is 6.61 Å². The van der Waals surface area contributed by atoms with Crippen LogP contribution >= 0.6 is 15.9 Å². The maximum absolute atomic E-state index is 11.7. The van der Waals surface area contributed by atoms with E-state index in [1.54, 1.807) is 18.5 Å². The fourth-order valence-electron chi connectivity index (χ4n) is 1.77. The summed E-state index contributed by atoms with van der Waals surface area (Å²) >= 11 is 3.31. The first-order chi connectivity index (χ1) is 11.2. The smallest absolute Gasteiger partial charge is 0.415 e. The van der Waals surface area contributed by atoms with Gasteiger partial charge >= 0.3 is 12.1 Å². The van der Waals surface area contributed by atoms with E-state index < -0.39 is 6.09 Å². The van der Waals surface area contributed by atoms with Gasteiger partial charge in [-0.15, -0.1) is 5.10 Å². The highest BCUT2D eigenvalue weighted by molar-refractivity contribution is 9.10. The van der Waals surface area contributed by atoms with Crippen LogP contribution in [0.25, 0.3) is 11.5 Å². The number of nitrogens with one attached hydrogen (secondary N) is 1. The molecule has 7 nitrogen and oxygen atoms in total. The number of rotatable bonds is 4. The van der Waals surface area contributed by atoms with E-state index in [1.165, 1.54) is 0 Å². The molecule has 3 rings (SSSR count). The molecule has 0 saturated carbocycles. The van der Waals surface area contributed by atoms with E-state index in [0.717, 1.165) is 10.0 Å². The summed E-state index contributed by atoms with van der Waals surface area (Å²) in [7, 11) is 0. The minimum atomic E-state index is -0.670. The SMILES string of the molecule is O=C(Nc1nnc(-c2cncc(Br)c2)o1)OCc1ccccc1. The molecular formula is C15H11BrN4O3. The molecule has 116 valence electrons. The number of hydrogen-bond donors (Lipinski definition) is 1. The first-order valence-electron chi connectivity index (χ1n) is 6.63. The lowest BCUT2D eigenvalue weighted by molar-refractivity contribution is 0.154. The van der Waals surface area contributed by atoms with Crippen LogP contribution in [0.3, 0.4) is 0 Å². The van der Waals surface area contributed by atoms with Gasteiger partial charge in [0, 0.05) is 16.9 Å². The lowest BCUT2D eigenvalue weighted by Crippen LogP contribution is -2.13. The number of benzene rings is 1. The van der Waals surface area contributed by atoms with Crippen LogP contribution < -0.4 is 5.32 Å². The van der Waals surface area contributed by atoms with Gasteiger partial charge in [0.25, 0.3) is 5.89 Å². The molecule has 0 aliphatic rings. The zero-order chi connectivity index (χ0) is 16.1. The predicted octanol–water partition coefficient (Wildman–Crippen LogP) is 3.64. The molecule has 0 saturated heterocycles. The van der Waals surface area contributed by atoms with Gasteiger partial charge in [0.05, 0.1) is 5.56 Å². The molecule has 3 aromatic rings. The number of pyridine rings is 1. The Hall–Kier alpha value is -2.74. The monoisotopic (exact) mass is 374 g/mol. The molecule has 23 heavy (non-hydrogen) atoms. The fraction of sp³-hybridized carbons (Fsp3) is 0.0667. The Morgan fingerprint density at radius 1 is 1.22 bits per heavy atom. The first kappa shape index (κ1) is 15.2. The maximum atomic E-state index is 11.7. The molecule has 0 radical (unpaired) electrons. The van der Waals surface area contributed by atoms with E-state index in [1.807, 2.05) is 30.3 Å². The van der Waals surface area contributed by atoms with Crippen molar-refractivity contribution < 1.29 is 13.9 Å². The van der Waals surface area contributed by atoms with Crippen LogP contribution in [0.1, 0.15) is 5.56 Å². The van der Waals surface area contributed by atoms with Crippen molar-refractivity contribution >= 4 is 28.0 Å². The van der Waals surface area contributed by atoms with Crippen molar-refractivity contribution in [1.29, 1.82) is 0 Å². The number of amides is 1. The second-order valence-corrected chi connectivity index (χ2v) is 5.41. The summed E-state index contributed by atoms with van der Waals surface area (Å²) in [5.41, 5.74) is 1.52. The van der Waals surface area contributed by atoms with Crippen LogP contribution in [0, 0.1) is 0 Å². The summed E-state index contributed by atoms with van der Waals surface area (Å²) in [5, 5.41) is 9.98. The Morgan fingerprint density at radius 2 is 2.04 bits per heavy atom. The molecule has 0 spiro atoms. The summed E-state index contributed by atoms with van der Waals surface area (Å²) in [5.74, 6) is 0.247. The van der Waals surface area contributed by atoms with Crippen molar-refractivity contribution in [3.05, 3.63) is 58.8 Å². The van der Waals surface area contributed by atoms with Gasteiger partial charge < -0.3 is 9.15 Å². The van der Waals surface area contributed by atoms with E-state index in [0.29, 0.717) is 5.56 Å². The van der Waals surface area contributed by atoms with Crippen LogP contribution in [0.5, 0.6) is 0 Å². The number of halogens is 1. The molecule has 2 heterocycles. The first-order valence-corrected chi connectivity index (χ1v) is 7.42. The summed E-state index contributed by atoms with van der Waals surface area (Å²) in [6.07, 6.45) is 2.55. The topological polar surface area (TPSA) is 90.1 Å².